The van der Waals surface area contributed by atoms with Crippen LogP contribution < -0.4 is 0 Å². The van der Waals surface area contributed by atoms with Gasteiger partial charge in [0.1, 0.15) is 0 Å². The summed E-state index contributed by atoms with van der Waals surface area (Å²) in [6.07, 6.45) is 0. The van der Waals surface area contributed by atoms with Gasteiger partial charge in [-0.2, -0.15) is 0 Å². The van der Waals surface area contributed by atoms with Gasteiger partial charge in [-0.05, 0) is 13.8 Å². The van der Waals surface area contributed by atoms with Gasteiger partial charge >= 0.3 is 0 Å². The zero-order valence-corrected chi connectivity index (χ0v) is 10.6. The van der Waals surface area contributed by atoms with Gasteiger partial charge in [-0.25, -0.2) is 0 Å². The number of carbonyl (C=O) groups excluding carboxylic acids is 2. The number of carbonyl (C=O) groups is 2. The minimum absolute atomic E-state index is 0.0133. The lowest BCUT2D eigenvalue weighted by Crippen LogP contribution is -2.23. The summed E-state index contributed by atoms with van der Waals surface area (Å²) < 4.78 is 9.69. The van der Waals surface area contributed by atoms with Gasteiger partial charge in [0.15, 0.2) is 0 Å². The Hall–Kier alpha value is -1.58. The lowest BCUT2D eigenvalue weighted by atomic mass is 9.94. The first-order valence-electron chi connectivity index (χ1n) is 5.13. The minimum atomic E-state index is -0.290. The maximum Gasteiger partial charge on any atom is 0.227 e. The summed E-state index contributed by atoms with van der Waals surface area (Å²) in [5.74, 6) is -0.607. The Morgan fingerprint density at radius 3 is 1.19 bits per heavy atom. The number of Topliss-reactive ketones (excluding diaryl/α,β-unsaturated/α-hetero) is 2. The number of ether oxygens (including phenoxy) is 2. The highest BCUT2D eigenvalue weighted by Gasteiger charge is 2.32. The molecule has 0 N–H and O–H groups in total. The fourth-order valence-electron chi connectivity index (χ4n) is 1.26. The van der Waals surface area contributed by atoms with E-state index in [0.29, 0.717) is 11.1 Å². The van der Waals surface area contributed by atoms with Crippen molar-refractivity contribution in [1.82, 2.24) is 0 Å². The third kappa shape index (κ3) is 2.32. The molecule has 1 aliphatic rings. The summed E-state index contributed by atoms with van der Waals surface area (Å²) in [6, 6.07) is 0. The molecule has 0 aromatic heterocycles. The van der Waals surface area contributed by atoms with Crippen LogP contribution >= 0.6 is 0 Å². The quantitative estimate of drug-likeness (QED) is 0.676. The molecule has 0 aromatic carbocycles. The molecule has 0 unspecified atom stereocenters. The Morgan fingerprint density at radius 2 is 1.00 bits per heavy atom. The van der Waals surface area contributed by atoms with Crippen LogP contribution in [-0.4, -0.2) is 25.8 Å². The minimum Gasteiger partial charge on any atom is -0.489 e. The molecule has 90 valence electrons. The molecule has 0 saturated carbocycles. The molecule has 0 aromatic rings. The van der Waals surface area contributed by atoms with Crippen LogP contribution in [0.1, 0.15) is 27.7 Å². The molecule has 4 heteroatoms. The number of ketones is 2. The third-order valence-corrected chi connectivity index (χ3v) is 2.27. The zero-order valence-electron chi connectivity index (χ0n) is 10.6. The first-order valence-corrected chi connectivity index (χ1v) is 5.13. The van der Waals surface area contributed by atoms with Gasteiger partial charge in [0.05, 0.1) is 14.2 Å². The molecular formula is C12H18O4. The van der Waals surface area contributed by atoms with Crippen molar-refractivity contribution in [2.24, 2.45) is 0 Å². The van der Waals surface area contributed by atoms with Crippen molar-refractivity contribution in [3.63, 3.8) is 0 Å². The molecule has 0 atom stereocenters. The van der Waals surface area contributed by atoms with Crippen LogP contribution in [0, 0.1) is 0 Å². The second-order valence-corrected chi connectivity index (χ2v) is 2.97. The Kier molecular flexibility index (Phi) is 5.50. The van der Waals surface area contributed by atoms with Crippen LogP contribution in [0.25, 0.3) is 0 Å². The van der Waals surface area contributed by atoms with Gasteiger partial charge in [-0.3, -0.25) is 9.59 Å². The first-order chi connectivity index (χ1) is 7.54. The van der Waals surface area contributed by atoms with E-state index in [9.17, 15) is 9.59 Å². The van der Waals surface area contributed by atoms with Crippen molar-refractivity contribution in [2.75, 3.05) is 14.2 Å². The molecule has 4 nitrogen and oxygen atoms in total. The number of methoxy groups -OCH3 is 2. The average Bonchev–Trinajstić information content (AvgIpc) is 2.33. The van der Waals surface area contributed by atoms with Gasteiger partial charge in [0.2, 0.25) is 23.1 Å². The van der Waals surface area contributed by atoms with E-state index in [1.54, 1.807) is 13.8 Å². The van der Waals surface area contributed by atoms with E-state index in [1.807, 2.05) is 13.8 Å². The van der Waals surface area contributed by atoms with Crippen LogP contribution in [-0.2, 0) is 19.1 Å². The molecule has 0 saturated heterocycles. The van der Waals surface area contributed by atoms with Gasteiger partial charge in [-0.15, -0.1) is 0 Å². The van der Waals surface area contributed by atoms with E-state index >= 15 is 0 Å². The van der Waals surface area contributed by atoms with Crippen LogP contribution in [0.15, 0.2) is 22.7 Å². The van der Waals surface area contributed by atoms with Crippen LogP contribution in [0.2, 0.25) is 0 Å². The van der Waals surface area contributed by atoms with E-state index < -0.39 is 0 Å². The van der Waals surface area contributed by atoms with Crippen LogP contribution in [0.3, 0.4) is 0 Å². The van der Waals surface area contributed by atoms with E-state index in [1.165, 1.54) is 14.2 Å². The molecule has 0 heterocycles. The molecule has 16 heavy (non-hydrogen) atoms. The largest absolute Gasteiger partial charge is 0.489 e. The Labute approximate surface area is 95.9 Å². The highest BCUT2D eigenvalue weighted by atomic mass is 16.5. The topological polar surface area (TPSA) is 52.6 Å². The number of hydrogen-bond donors (Lipinski definition) is 0. The third-order valence-electron chi connectivity index (χ3n) is 2.27. The summed E-state index contributed by atoms with van der Waals surface area (Å²) in [5, 5.41) is 0. The van der Waals surface area contributed by atoms with Gasteiger partial charge in [-0.1, -0.05) is 13.8 Å². The molecule has 0 aliphatic heterocycles. The summed E-state index contributed by atoms with van der Waals surface area (Å²) in [5.41, 5.74) is 0.820. The second kappa shape index (κ2) is 6.10. The van der Waals surface area contributed by atoms with E-state index in [4.69, 9.17) is 9.47 Å². The number of rotatable bonds is 2. The normalized spacial score (nSPS) is 15.9. The van der Waals surface area contributed by atoms with Crippen molar-refractivity contribution in [3.8, 4) is 0 Å². The van der Waals surface area contributed by atoms with Crippen molar-refractivity contribution in [1.29, 1.82) is 0 Å². The Balaban J connectivity index is 0.00000106. The fourth-order valence-corrected chi connectivity index (χ4v) is 1.26. The fraction of sp³-hybridized carbons (Fsp3) is 0.500. The van der Waals surface area contributed by atoms with E-state index in [-0.39, 0.29) is 23.1 Å². The standard InChI is InChI=1S/C10H12O4.C2H6/c1-5-6(2)8(12)10(14-4)9(13-3)7(5)11;1-2/h1-4H3;1-2H3. The molecule has 0 amide bonds. The summed E-state index contributed by atoms with van der Waals surface area (Å²) >= 11 is 0. The van der Waals surface area contributed by atoms with E-state index in [0.717, 1.165) is 0 Å². The van der Waals surface area contributed by atoms with Gasteiger partial charge in [0.25, 0.3) is 0 Å². The maximum absolute atomic E-state index is 11.6. The Morgan fingerprint density at radius 1 is 0.750 bits per heavy atom. The first kappa shape index (κ1) is 14.4. The molecular weight excluding hydrogens is 208 g/mol. The lowest BCUT2D eigenvalue weighted by molar-refractivity contribution is -0.121. The molecule has 0 radical (unpaired) electrons. The monoisotopic (exact) mass is 226 g/mol. The lowest BCUT2D eigenvalue weighted by Gasteiger charge is -2.17. The van der Waals surface area contributed by atoms with Gasteiger partial charge in [0, 0.05) is 11.1 Å². The van der Waals surface area contributed by atoms with Gasteiger partial charge < -0.3 is 9.47 Å². The molecule has 1 rings (SSSR count). The maximum atomic E-state index is 11.6. The smallest absolute Gasteiger partial charge is 0.227 e. The summed E-state index contributed by atoms with van der Waals surface area (Å²) in [7, 11) is 2.68. The van der Waals surface area contributed by atoms with Crippen molar-refractivity contribution in [3.05, 3.63) is 22.7 Å². The Bertz CT molecular complexity index is 327. The van der Waals surface area contributed by atoms with Crippen molar-refractivity contribution >= 4 is 11.6 Å². The van der Waals surface area contributed by atoms with Crippen molar-refractivity contribution in [2.45, 2.75) is 27.7 Å². The predicted octanol–water partition coefficient (Wildman–Crippen LogP) is 2.01. The molecule has 0 bridgehead atoms. The van der Waals surface area contributed by atoms with Crippen molar-refractivity contribution < 1.29 is 19.1 Å². The van der Waals surface area contributed by atoms with Crippen LogP contribution in [0.4, 0.5) is 0 Å². The summed E-state index contributed by atoms with van der Waals surface area (Å²) in [6.45, 7) is 7.20. The van der Waals surface area contributed by atoms with E-state index in [2.05, 4.69) is 0 Å². The second-order valence-electron chi connectivity index (χ2n) is 2.97. The van der Waals surface area contributed by atoms with Crippen LogP contribution in [0.5, 0.6) is 0 Å². The highest BCUT2D eigenvalue weighted by molar-refractivity contribution is 6.23. The highest BCUT2D eigenvalue weighted by Crippen LogP contribution is 2.24. The summed E-state index contributed by atoms with van der Waals surface area (Å²) in [4.78, 5) is 23.2. The molecule has 0 spiro atoms. The average molecular weight is 226 g/mol. The number of allylic oxidation sites excluding steroid dienone is 2. The number of hydrogen-bond acceptors (Lipinski definition) is 4. The molecule has 0 fully saturated rings. The molecule has 1 aliphatic carbocycles. The zero-order chi connectivity index (χ0) is 12.9. The predicted molar refractivity (Wildman–Crippen MR) is 60.8 cm³/mol. The SMILES string of the molecule is CC.COC1=C(OC)C(=O)C(C)=C(C)C1=O.